The first-order valence-corrected chi connectivity index (χ1v) is 7.61. The minimum atomic E-state index is 0.188. The van der Waals surface area contributed by atoms with Gasteiger partial charge >= 0.3 is 0 Å². The Bertz CT molecular complexity index is 465. The van der Waals surface area contributed by atoms with Crippen LogP contribution in [-0.2, 0) is 16.0 Å². The fraction of sp³-hybridized carbons (Fsp3) is 0.625. The van der Waals surface area contributed by atoms with Crippen LogP contribution in [0, 0.1) is 5.92 Å². The molecule has 21 heavy (non-hydrogen) atoms. The molecule has 0 unspecified atom stereocenters. The van der Waals surface area contributed by atoms with Gasteiger partial charge in [-0.25, -0.2) is 0 Å². The van der Waals surface area contributed by atoms with Crippen molar-refractivity contribution in [3.63, 3.8) is 0 Å². The van der Waals surface area contributed by atoms with Crippen molar-refractivity contribution in [1.29, 1.82) is 0 Å². The highest BCUT2D eigenvalue weighted by atomic mass is 16.5. The molecular formula is C16H25N3O2. The average Bonchev–Trinajstić information content (AvgIpc) is 2.48. The van der Waals surface area contributed by atoms with E-state index in [1.807, 2.05) is 17.3 Å². The SMILES string of the molecule is COCCNc1cncc(C[C@@H]2CCCN(C(C)=O)C2)c1. The van der Waals surface area contributed by atoms with Crippen molar-refractivity contribution in [2.45, 2.75) is 26.2 Å². The lowest BCUT2D eigenvalue weighted by Crippen LogP contribution is -2.39. The number of aromatic nitrogens is 1. The van der Waals surface area contributed by atoms with E-state index < -0.39 is 0 Å². The Morgan fingerprint density at radius 2 is 2.38 bits per heavy atom. The highest BCUT2D eigenvalue weighted by Crippen LogP contribution is 2.21. The Hall–Kier alpha value is -1.62. The quantitative estimate of drug-likeness (QED) is 0.814. The second kappa shape index (κ2) is 7.98. The van der Waals surface area contributed by atoms with Gasteiger partial charge in [0.1, 0.15) is 0 Å². The van der Waals surface area contributed by atoms with Gasteiger partial charge in [-0.3, -0.25) is 9.78 Å². The molecule has 0 spiro atoms. The van der Waals surface area contributed by atoms with Crippen LogP contribution in [0.25, 0.3) is 0 Å². The number of ether oxygens (including phenoxy) is 1. The number of hydrogen-bond acceptors (Lipinski definition) is 4. The molecule has 0 radical (unpaired) electrons. The van der Waals surface area contributed by atoms with Crippen LogP contribution in [0.4, 0.5) is 5.69 Å². The number of hydrogen-bond donors (Lipinski definition) is 1. The number of methoxy groups -OCH3 is 1. The Morgan fingerprint density at radius 3 is 3.14 bits per heavy atom. The first-order chi connectivity index (χ1) is 10.2. The van der Waals surface area contributed by atoms with Gasteiger partial charge in [-0.05, 0) is 36.8 Å². The number of pyridine rings is 1. The van der Waals surface area contributed by atoms with E-state index in [0.29, 0.717) is 12.5 Å². The Labute approximate surface area is 126 Å². The highest BCUT2D eigenvalue weighted by molar-refractivity contribution is 5.73. The lowest BCUT2D eigenvalue weighted by atomic mass is 9.92. The number of amides is 1. The summed E-state index contributed by atoms with van der Waals surface area (Å²) < 4.78 is 5.03. The molecule has 0 bridgehead atoms. The van der Waals surface area contributed by atoms with Gasteiger partial charge in [-0.15, -0.1) is 0 Å². The maximum atomic E-state index is 11.5. The second-order valence-corrected chi connectivity index (χ2v) is 5.68. The molecule has 1 saturated heterocycles. The van der Waals surface area contributed by atoms with Crippen LogP contribution in [0.5, 0.6) is 0 Å². The predicted molar refractivity (Wildman–Crippen MR) is 83.3 cm³/mol. The molecule has 1 aliphatic rings. The summed E-state index contributed by atoms with van der Waals surface area (Å²) in [6, 6.07) is 2.15. The third kappa shape index (κ3) is 5.01. The molecule has 0 aliphatic carbocycles. The molecule has 1 aromatic heterocycles. The predicted octanol–water partition coefficient (Wildman–Crippen LogP) is 1.94. The number of anilines is 1. The van der Waals surface area contributed by atoms with Gasteiger partial charge in [-0.1, -0.05) is 0 Å². The molecule has 5 nitrogen and oxygen atoms in total. The zero-order valence-corrected chi connectivity index (χ0v) is 13.0. The first kappa shape index (κ1) is 15.8. The van der Waals surface area contributed by atoms with E-state index in [1.54, 1.807) is 14.0 Å². The van der Waals surface area contributed by atoms with Crippen LogP contribution < -0.4 is 5.32 Å². The van der Waals surface area contributed by atoms with Crippen molar-refractivity contribution in [1.82, 2.24) is 9.88 Å². The van der Waals surface area contributed by atoms with Gasteiger partial charge in [0.05, 0.1) is 12.3 Å². The van der Waals surface area contributed by atoms with Gasteiger partial charge in [0.2, 0.25) is 5.91 Å². The molecule has 0 aromatic carbocycles. The zero-order chi connectivity index (χ0) is 15.1. The topological polar surface area (TPSA) is 54.5 Å². The number of carbonyl (C=O) groups is 1. The van der Waals surface area contributed by atoms with Crippen molar-refractivity contribution >= 4 is 11.6 Å². The third-order valence-corrected chi connectivity index (χ3v) is 3.92. The molecular weight excluding hydrogens is 266 g/mol. The van der Waals surface area contributed by atoms with Gasteiger partial charge in [0.25, 0.3) is 0 Å². The van der Waals surface area contributed by atoms with Crippen LogP contribution in [0.1, 0.15) is 25.3 Å². The smallest absolute Gasteiger partial charge is 0.219 e. The summed E-state index contributed by atoms with van der Waals surface area (Å²) in [5.41, 5.74) is 2.26. The van der Waals surface area contributed by atoms with Gasteiger partial charge in [0, 0.05) is 46.1 Å². The normalized spacial score (nSPS) is 18.6. The number of rotatable bonds is 6. The van der Waals surface area contributed by atoms with E-state index in [2.05, 4.69) is 16.4 Å². The minimum Gasteiger partial charge on any atom is -0.383 e. The standard InChI is InChI=1S/C16H25N3O2/c1-13(20)19-6-3-4-14(12-19)8-15-9-16(11-17-10-15)18-5-7-21-2/h9-11,14,18H,3-8,12H2,1-2H3/t14-/m0/s1. The summed E-state index contributed by atoms with van der Waals surface area (Å²) in [6.07, 6.45) is 7.03. The first-order valence-electron chi connectivity index (χ1n) is 7.61. The molecule has 1 fully saturated rings. The highest BCUT2D eigenvalue weighted by Gasteiger charge is 2.21. The van der Waals surface area contributed by atoms with Crippen LogP contribution in [0.3, 0.4) is 0 Å². The fourth-order valence-corrected chi connectivity index (χ4v) is 2.84. The van der Waals surface area contributed by atoms with E-state index in [-0.39, 0.29) is 5.91 Å². The molecule has 0 saturated carbocycles. The molecule has 2 heterocycles. The second-order valence-electron chi connectivity index (χ2n) is 5.68. The van der Waals surface area contributed by atoms with Crippen molar-refractivity contribution in [2.24, 2.45) is 5.92 Å². The van der Waals surface area contributed by atoms with E-state index in [1.165, 1.54) is 12.0 Å². The number of nitrogens with zero attached hydrogens (tertiary/aromatic N) is 2. The number of carbonyl (C=O) groups excluding carboxylic acids is 1. The largest absolute Gasteiger partial charge is 0.383 e. The van der Waals surface area contributed by atoms with Crippen LogP contribution in [0.15, 0.2) is 18.5 Å². The van der Waals surface area contributed by atoms with Crippen molar-refractivity contribution in [3.8, 4) is 0 Å². The third-order valence-electron chi connectivity index (χ3n) is 3.92. The van der Waals surface area contributed by atoms with Crippen molar-refractivity contribution in [3.05, 3.63) is 24.0 Å². The van der Waals surface area contributed by atoms with Crippen molar-refractivity contribution in [2.75, 3.05) is 38.7 Å². The van der Waals surface area contributed by atoms with E-state index >= 15 is 0 Å². The van der Waals surface area contributed by atoms with Crippen LogP contribution in [0.2, 0.25) is 0 Å². The van der Waals surface area contributed by atoms with Crippen molar-refractivity contribution < 1.29 is 9.53 Å². The fourth-order valence-electron chi connectivity index (χ4n) is 2.84. The Morgan fingerprint density at radius 1 is 1.52 bits per heavy atom. The van der Waals surface area contributed by atoms with Gasteiger partial charge < -0.3 is 15.0 Å². The maximum absolute atomic E-state index is 11.5. The lowest BCUT2D eigenvalue weighted by molar-refractivity contribution is -0.130. The van der Waals surface area contributed by atoms with E-state index in [9.17, 15) is 4.79 Å². The molecule has 1 aromatic rings. The lowest BCUT2D eigenvalue weighted by Gasteiger charge is -2.32. The minimum absolute atomic E-state index is 0.188. The summed E-state index contributed by atoms with van der Waals surface area (Å²) in [4.78, 5) is 17.7. The average molecular weight is 291 g/mol. The van der Waals surface area contributed by atoms with E-state index in [4.69, 9.17) is 4.74 Å². The molecule has 2 rings (SSSR count). The molecule has 1 N–H and O–H groups in total. The van der Waals surface area contributed by atoms with E-state index in [0.717, 1.165) is 38.2 Å². The number of likely N-dealkylation sites (tertiary alicyclic amines) is 1. The Kier molecular flexibility index (Phi) is 5.99. The van der Waals surface area contributed by atoms with Gasteiger partial charge in [-0.2, -0.15) is 0 Å². The summed E-state index contributed by atoms with van der Waals surface area (Å²) in [5, 5.41) is 3.30. The van der Waals surface area contributed by atoms with Crippen LogP contribution in [-0.4, -0.2) is 49.1 Å². The molecule has 1 aliphatic heterocycles. The monoisotopic (exact) mass is 291 g/mol. The van der Waals surface area contributed by atoms with Gasteiger partial charge in [0.15, 0.2) is 0 Å². The summed E-state index contributed by atoms with van der Waals surface area (Å²) >= 11 is 0. The summed E-state index contributed by atoms with van der Waals surface area (Å²) in [5.74, 6) is 0.728. The molecule has 116 valence electrons. The maximum Gasteiger partial charge on any atom is 0.219 e. The molecule has 1 amide bonds. The molecule has 5 heteroatoms. The summed E-state index contributed by atoms with van der Waals surface area (Å²) in [7, 11) is 1.69. The van der Waals surface area contributed by atoms with Crippen LogP contribution >= 0.6 is 0 Å². The zero-order valence-electron chi connectivity index (χ0n) is 13.0. The summed E-state index contributed by atoms with van der Waals surface area (Å²) in [6.45, 7) is 4.90. The Balaban J connectivity index is 1.89. The number of nitrogens with one attached hydrogen (secondary N) is 1. The number of piperidine rings is 1. The molecule has 1 atom stereocenters.